The number of ether oxygens (including phenoxy) is 1. The number of thiazole rings is 2. The predicted octanol–water partition coefficient (Wildman–Crippen LogP) is 0.624. The number of rotatable bonds is 5. The molecule has 36 heavy (non-hydrogen) atoms. The van der Waals surface area contributed by atoms with Crippen LogP contribution in [-0.4, -0.2) is 24.7 Å². The zero-order valence-electron chi connectivity index (χ0n) is 20.1. The van der Waals surface area contributed by atoms with Gasteiger partial charge < -0.3 is 22.0 Å². The van der Waals surface area contributed by atoms with Crippen molar-refractivity contribution in [2.24, 2.45) is 0 Å². The fourth-order valence-corrected chi connectivity index (χ4v) is 8.26. The second-order valence-electron chi connectivity index (χ2n) is 8.04. The number of thiophene rings is 1. The van der Waals surface area contributed by atoms with E-state index < -0.39 is 0 Å². The summed E-state index contributed by atoms with van der Waals surface area (Å²) < 4.78 is 10.5. The van der Waals surface area contributed by atoms with Crippen molar-refractivity contribution in [3.8, 4) is 0 Å². The molecule has 0 bridgehead atoms. The van der Waals surface area contributed by atoms with Crippen LogP contribution < -0.4 is 36.6 Å². The average molecular weight is 578 g/mol. The van der Waals surface area contributed by atoms with Crippen molar-refractivity contribution in [1.82, 2.24) is 4.57 Å². The Morgan fingerprint density at radius 3 is 2.75 bits per heavy atom. The minimum absolute atomic E-state index is 0. The molecular formula is C25H24ClN3O3S4. The van der Waals surface area contributed by atoms with Crippen LogP contribution in [0, 0.1) is 6.92 Å². The van der Waals surface area contributed by atoms with E-state index in [1.165, 1.54) is 40.2 Å². The van der Waals surface area contributed by atoms with Crippen LogP contribution in [0.3, 0.4) is 0 Å². The first-order valence-corrected chi connectivity index (χ1v) is 14.4. The van der Waals surface area contributed by atoms with E-state index >= 15 is 0 Å². The van der Waals surface area contributed by atoms with Gasteiger partial charge in [0.1, 0.15) is 19.1 Å². The standard InChI is InChI=1S/C25H24N3O3S4.ClH/c1-5-28-20(13-19-27(9-11-32-19)14-16-8-10-33-21(16)25(30)31-4)35-22(23(28)29)24-26(3)17-7-6-15(2)12-18(17)34-24;/h6-13H,5,14H2,1-4H3;1H/q+1;/p-1/b24-22+;. The molecule has 0 saturated heterocycles. The number of thioether (sulfide) groups is 1. The summed E-state index contributed by atoms with van der Waals surface area (Å²) in [6.45, 7) is 5.24. The second kappa shape index (κ2) is 10.9. The Hall–Kier alpha value is -2.37. The summed E-state index contributed by atoms with van der Waals surface area (Å²) in [4.78, 5) is 29.5. The van der Waals surface area contributed by atoms with Gasteiger partial charge in [-0.05, 0) is 43.0 Å². The van der Waals surface area contributed by atoms with Gasteiger partial charge in [-0.25, -0.2) is 4.79 Å². The minimum Gasteiger partial charge on any atom is -1.00 e. The molecule has 6 nitrogen and oxygen atoms in total. The van der Waals surface area contributed by atoms with E-state index in [1.54, 1.807) is 23.1 Å². The van der Waals surface area contributed by atoms with Gasteiger partial charge >= 0.3 is 5.97 Å². The second-order valence-corrected chi connectivity index (χ2v) is 11.9. The van der Waals surface area contributed by atoms with Crippen molar-refractivity contribution < 1.29 is 26.5 Å². The minimum atomic E-state index is -0.314. The number of carbonyl (C=O) groups excluding carboxylic acids is 1. The van der Waals surface area contributed by atoms with Gasteiger partial charge in [-0.2, -0.15) is 4.57 Å². The zero-order chi connectivity index (χ0) is 24.7. The van der Waals surface area contributed by atoms with Crippen LogP contribution in [0.4, 0.5) is 5.69 Å². The molecule has 0 spiro atoms. The number of anilines is 1. The first-order chi connectivity index (χ1) is 16.9. The molecule has 1 aromatic carbocycles. The fraction of sp³-hybridized carbons (Fsp3) is 0.240. The van der Waals surface area contributed by atoms with E-state index in [-0.39, 0.29) is 23.9 Å². The SMILES string of the molecule is CCn1c(=O)/c(=C2\Sc3cc(C)ccc3N2C)s/c1=C\c1scc[n+]1Cc1ccsc1C(=O)OC.[Cl-]. The molecule has 0 amide bonds. The van der Waals surface area contributed by atoms with E-state index in [2.05, 4.69) is 40.7 Å². The summed E-state index contributed by atoms with van der Waals surface area (Å²) in [6, 6.07) is 8.35. The van der Waals surface area contributed by atoms with Crippen LogP contribution in [0.25, 0.3) is 11.1 Å². The molecule has 1 aliphatic rings. The number of carbonyl (C=O) groups is 1. The molecule has 0 atom stereocenters. The summed E-state index contributed by atoms with van der Waals surface area (Å²) in [6.07, 6.45) is 4.08. The lowest BCUT2D eigenvalue weighted by molar-refractivity contribution is -0.685. The average Bonchev–Trinajstić information content (AvgIpc) is 3.61. The Morgan fingerprint density at radius 1 is 1.19 bits per heavy atom. The first kappa shape index (κ1) is 26.7. The summed E-state index contributed by atoms with van der Waals surface area (Å²) in [5, 5.41) is 5.92. The van der Waals surface area contributed by atoms with Gasteiger partial charge in [-0.3, -0.25) is 9.36 Å². The highest BCUT2D eigenvalue weighted by Crippen LogP contribution is 2.45. The van der Waals surface area contributed by atoms with Crippen LogP contribution >= 0.6 is 45.8 Å². The third-order valence-electron chi connectivity index (χ3n) is 5.83. The number of esters is 1. The van der Waals surface area contributed by atoms with Crippen LogP contribution in [0.1, 0.15) is 32.7 Å². The number of methoxy groups -OCH3 is 1. The number of benzene rings is 1. The molecule has 1 aliphatic heterocycles. The van der Waals surface area contributed by atoms with Crippen molar-refractivity contribution in [3.05, 3.63) is 81.8 Å². The van der Waals surface area contributed by atoms with E-state index in [4.69, 9.17) is 4.74 Å². The molecule has 0 radical (unpaired) electrons. The molecule has 0 unspecified atom stereocenters. The number of aromatic nitrogens is 2. The Bertz CT molecular complexity index is 1620. The topological polar surface area (TPSA) is 55.4 Å². The number of aryl methyl sites for hydroxylation is 1. The van der Waals surface area contributed by atoms with Crippen molar-refractivity contribution >= 4 is 68.5 Å². The quantitative estimate of drug-likeness (QED) is 0.257. The number of hydrogen-bond donors (Lipinski definition) is 0. The molecule has 0 saturated carbocycles. The summed E-state index contributed by atoms with van der Waals surface area (Å²) >= 11 is 6.18. The third kappa shape index (κ3) is 4.80. The Balaban J connectivity index is 0.00000304. The summed E-state index contributed by atoms with van der Waals surface area (Å²) in [5.74, 6) is -0.314. The van der Waals surface area contributed by atoms with E-state index in [0.29, 0.717) is 18.0 Å². The summed E-state index contributed by atoms with van der Waals surface area (Å²) in [5.41, 5.74) is 3.30. The molecule has 0 aliphatic carbocycles. The highest BCUT2D eigenvalue weighted by atomic mass is 35.5. The zero-order valence-corrected chi connectivity index (χ0v) is 24.1. The molecule has 0 fully saturated rings. The van der Waals surface area contributed by atoms with Crippen LogP contribution in [0.5, 0.6) is 0 Å². The molecular weight excluding hydrogens is 554 g/mol. The van der Waals surface area contributed by atoms with Gasteiger partial charge in [0.05, 0.1) is 24.3 Å². The van der Waals surface area contributed by atoms with Gasteiger partial charge in [0, 0.05) is 24.1 Å². The van der Waals surface area contributed by atoms with Gasteiger partial charge in [-0.15, -0.1) is 22.7 Å². The van der Waals surface area contributed by atoms with Crippen LogP contribution in [0.2, 0.25) is 0 Å². The highest BCUT2D eigenvalue weighted by Gasteiger charge is 2.25. The van der Waals surface area contributed by atoms with Crippen LogP contribution in [0.15, 0.2) is 50.9 Å². The van der Waals surface area contributed by atoms with E-state index in [0.717, 1.165) is 30.5 Å². The molecule has 11 heteroatoms. The third-order valence-corrected chi connectivity index (χ3v) is 10.1. The maximum Gasteiger partial charge on any atom is 0.348 e. The predicted molar refractivity (Wildman–Crippen MR) is 145 cm³/mol. The number of nitrogens with zero attached hydrogens (tertiary/aromatic N) is 3. The fourth-order valence-electron chi connectivity index (χ4n) is 4.01. The van der Waals surface area contributed by atoms with Gasteiger partial charge in [0.15, 0.2) is 12.7 Å². The van der Waals surface area contributed by atoms with Gasteiger partial charge in [-0.1, -0.05) is 29.2 Å². The molecule has 5 rings (SSSR count). The number of halogens is 1. The lowest BCUT2D eigenvalue weighted by Gasteiger charge is -2.12. The molecule has 0 N–H and O–H groups in total. The normalized spacial score (nSPS) is 14.7. The molecule has 4 heterocycles. The lowest BCUT2D eigenvalue weighted by atomic mass is 10.2. The molecule has 188 valence electrons. The van der Waals surface area contributed by atoms with Gasteiger partial charge in [0.2, 0.25) is 0 Å². The Morgan fingerprint density at radius 2 is 2.00 bits per heavy atom. The Labute approximate surface area is 231 Å². The van der Waals surface area contributed by atoms with Crippen molar-refractivity contribution in [1.29, 1.82) is 0 Å². The highest BCUT2D eigenvalue weighted by molar-refractivity contribution is 8.08. The number of hydrogen-bond acceptors (Lipinski definition) is 8. The maximum absolute atomic E-state index is 13.4. The molecule has 3 aromatic heterocycles. The van der Waals surface area contributed by atoms with Crippen molar-refractivity contribution in [3.63, 3.8) is 0 Å². The lowest BCUT2D eigenvalue weighted by Crippen LogP contribution is -3.00. The summed E-state index contributed by atoms with van der Waals surface area (Å²) in [7, 11) is 3.42. The number of fused-ring (bicyclic) bond motifs is 1. The van der Waals surface area contributed by atoms with Gasteiger partial charge in [0.25, 0.3) is 10.6 Å². The van der Waals surface area contributed by atoms with Crippen molar-refractivity contribution in [2.45, 2.75) is 31.8 Å². The van der Waals surface area contributed by atoms with Crippen LogP contribution in [-0.2, 0) is 17.8 Å². The smallest absolute Gasteiger partial charge is 0.348 e. The van der Waals surface area contributed by atoms with Crippen molar-refractivity contribution in [2.75, 3.05) is 19.1 Å². The maximum atomic E-state index is 13.4. The van der Waals surface area contributed by atoms with E-state index in [1.807, 2.05) is 41.6 Å². The monoisotopic (exact) mass is 577 g/mol. The first-order valence-electron chi connectivity index (χ1n) is 11.0. The molecule has 4 aromatic rings. The Kier molecular flexibility index (Phi) is 8.11. The van der Waals surface area contributed by atoms with E-state index in [9.17, 15) is 9.59 Å². The largest absolute Gasteiger partial charge is 1.00 e.